The zero-order valence-electron chi connectivity index (χ0n) is 12.3. The molecule has 0 saturated carbocycles. The molecule has 1 aliphatic rings. The van der Waals surface area contributed by atoms with Crippen LogP contribution in [0.1, 0.15) is 58.3 Å². The number of nitrogens with one attached hydrogen (secondary N) is 2. The molecular formula is C15H32N2S. The third-order valence-corrected chi connectivity index (χ3v) is 4.52. The van der Waals surface area contributed by atoms with Crippen molar-refractivity contribution in [2.45, 2.75) is 70.4 Å². The molecule has 2 nitrogen and oxygen atoms in total. The fourth-order valence-corrected chi connectivity index (χ4v) is 3.20. The highest BCUT2D eigenvalue weighted by Crippen LogP contribution is 2.12. The summed E-state index contributed by atoms with van der Waals surface area (Å²) < 4.78 is 0. The van der Waals surface area contributed by atoms with Crippen LogP contribution in [0.3, 0.4) is 0 Å². The Labute approximate surface area is 118 Å². The molecule has 0 aromatic heterocycles. The lowest BCUT2D eigenvalue weighted by Crippen LogP contribution is -2.40. The van der Waals surface area contributed by atoms with E-state index >= 15 is 0 Å². The first-order valence-electron chi connectivity index (χ1n) is 7.78. The van der Waals surface area contributed by atoms with Gasteiger partial charge in [-0.1, -0.05) is 19.3 Å². The van der Waals surface area contributed by atoms with E-state index in [-0.39, 0.29) is 0 Å². The lowest BCUT2D eigenvalue weighted by Gasteiger charge is -2.26. The van der Waals surface area contributed by atoms with Gasteiger partial charge in [-0.3, -0.25) is 0 Å². The SMILES string of the molecule is CSCCCCCCNC(C)CC1CCCCN1. The van der Waals surface area contributed by atoms with E-state index in [9.17, 15) is 0 Å². The number of rotatable bonds is 10. The van der Waals surface area contributed by atoms with Gasteiger partial charge in [0.2, 0.25) is 0 Å². The van der Waals surface area contributed by atoms with E-state index in [1.807, 2.05) is 11.8 Å². The molecule has 0 amide bonds. The molecule has 0 bridgehead atoms. The number of unbranched alkanes of at least 4 members (excludes halogenated alkanes) is 3. The number of piperidine rings is 1. The zero-order chi connectivity index (χ0) is 13.1. The van der Waals surface area contributed by atoms with Crippen LogP contribution in [0.5, 0.6) is 0 Å². The molecule has 1 saturated heterocycles. The lowest BCUT2D eigenvalue weighted by molar-refractivity contribution is 0.344. The largest absolute Gasteiger partial charge is 0.314 e. The fourth-order valence-electron chi connectivity index (χ4n) is 2.71. The maximum absolute atomic E-state index is 3.68. The molecule has 0 aliphatic carbocycles. The van der Waals surface area contributed by atoms with Gasteiger partial charge in [0, 0.05) is 12.1 Å². The Hall–Kier alpha value is 0.270. The van der Waals surface area contributed by atoms with E-state index in [4.69, 9.17) is 0 Å². The third kappa shape index (κ3) is 8.39. The van der Waals surface area contributed by atoms with E-state index in [1.54, 1.807) is 0 Å². The van der Waals surface area contributed by atoms with Gasteiger partial charge in [-0.05, 0) is 64.1 Å². The van der Waals surface area contributed by atoms with Gasteiger partial charge in [-0.2, -0.15) is 11.8 Å². The highest BCUT2D eigenvalue weighted by atomic mass is 32.2. The second-order valence-electron chi connectivity index (χ2n) is 5.64. The van der Waals surface area contributed by atoms with Crippen molar-refractivity contribution in [3.63, 3.8) is 0 Å². The van der Waals surface area contributed by atoms with Gasteiger partial charge < -0.3 is 10.6 Å². The first-order chi connectivity index (χ1) is 8.83. The topological polar surface area (TPSA) is 24.1 Å². The Kier molecular flexibility index (Phi) is 10.1. The van der Waals surface area contributed by atoms with Gasteiger partial charge in [-0.15, -0.1) is 0 Å². The maximum Gasteiger partial charge on any atom is 0.00817 e. The second-order valence-corrected chi connectivity index (χ2v) is 6.63. The summed E-state index contributed by atoms with van der Waals surface area (Å²) >= 11 is 1.97. The molecule has 1 fully saturated rings. The number of hydrogen-bond acceptors (Lipinski definition) is 3. The van der Waals surface area contributed by atoms with Crippen LogP contribution in [0.15, 0.2) is 0 Å². The van der Waals surface area contributed by atoms with Crippen molar-refractivity contribution in [3.05, 3.63) is 0 Å². The predicted molar refractivity (Wildman–Crippen MR) is 84.6 cm³/mol. The van der Waals surface area contributed by atoms with Crippen molar-refractivity contribution in [2.75, 3.05) is 25.1 Å². The summed E-state index contributed by atoms with van der Waals surface area (Å²) in [6, 6.07) is 1.44. The van der Waals surface area contributed by atoms with Gasteiger partial charge in [0.25, 0.3) is 0 Å². The Morgan fingerprint density at radius 2 is 2.06 bits per heavy atom. The van der Waals surface area contributed by atoms with Crippen LogP contribution in [0, 0.1) is 0 Å². The molecule has 1 heterocycles. The van der Waals surface area contributed by atoms with Crippen LogP contribution < -0.4 is 10.6 Å². The second kappa shape index (κ2) is 11.1. The average Bonchev–Trinajstić information content (AvgIpc) is 2.39. The summed E-state index contributed by atoms with van der Waals surface area (Å²) in [5.74, 6) is 1.33. The minimum absolute atomic E-state index is 0.673. The molecule has 2 atom stereocenters. The minimum atomic E-state index is 0.673. The van der Waals surface area contributed by atoms with Crippen LogP contribution in [-0.2, 0) is 0 Å². The number of thioether (sulfide) groups is 1. The fraction of sp³-hybridized carbons (Fsp3) is 1.00. The molecule has 0 spiro atoms. The molecule has 1 rings (SSSR count). The first-order valence-corrected chi connectivity index (χ1v) is 9.18. The Balaban J connectivity index is 1.88. The quantitative estimate of drug-likeness (QED) is 0.596. The molecular weight excluding hydrogens is 240 g/mol. The molecule has 108 valence electrons. The van der Waals surface area contributed by atoms with E-state index in [0.29, 0.717) is 6.04 Å². The van der Waals surface area contributed by atoms with Gasteiger partial charge in [0.1, 0.15) is 0 Å². The molecule has 18 heavy (non-hydrogen) atoms. The lowest BCUT2D eigenvalue weighted by atomic mass is 9.99. The standard InChI is InChI=1S/C15H32N2S/c1-14(13-15-9-5-7-11-17-15)16-10-6-3-4-8-12-18-2/h14-17H,3-13H2,1-2H3. The van der Waals surface area contributed by atoms with Gasteiger partial charge in [0.15, 0.2) is 0 Å². The van der Waals surface area contributed by atoms with Crippen LogP contribution in [0.25, 0.3) is 0 Å². The van der Waals surface area contributed by atoms with E-state index in [1.165, 1.54) is 70.2 Å². The predicted octanol–water partition coefficient (Wildman–Crippen LogP) is 3.42. The third-order valence-electron chi connectivity index (χ3n) is 3.82. The molecule has 2 unspecified atom stereocenters. The van der Waals surface area contributed by atoms with Crippen molar-refractivity contribution in [2.24, 2.45) is 0 Å². The van der Waals surface area contributed by atoms with Gasteiger partial charge >= 0.3 is 0 Å². The molecule has 3 heteroatoms. The molecule has 0 radical (unpaired) electrons. The summed E-state index contributed by atoms with van der Waals surface area (Å²) in [4.78, 5) is 0. The Morgan fingerprint density at radius 3 is 2.78 bits per heavy atom. The van der Waals surface area contributed by atoms with Crippen LogP contribution in [0.4, 0.5) is 0 Å². The average molecular weight is 273 g/mol. The number of hydrogen-bond donors (Lipinski definition) is 2. The van der Waals surface area contributed by atoms with Crippen molar-refractivity contribution in [1.82, 2.24) is 10.6 Å². The van der Waals surface area contributed by atoms with Gasteiger partial charge in [0.05, 0.1) is 0 Å². The molecule has 2 N–H and O–H groups in total. The van der Waals surface area contributed by atoms with Crippen LogP contribution in [-0.4, -0.2) is 37.2 Å². The van der Waals surface area contributed by atoms with E-state index in [0.717, 1.165) is 6.04 Å². The summed E-state index contributed by atoms with van der Waals surface area (Å²) in [5, 5.41) is 7.31. The highest BCUT2D eigenvalue weighted by Gasteiger charge is 2.14. The monoisotopic (exact) mass is 272 g/mol. The molecule has 0 aromatic rings. The zero-order valence-corrected chi connectivity index (χ0v) is 13.2. The van der Waals surface area contributed by atoms with Gasteiger partial charge in [-0.25, -0.2) is 0 Å². The summed E-state index contributed by atoms with van der Waals surface area (Å²) in [6.07, 6.45) is 13.2. The van der Waals surface area contributed by atoms with E-state index in [2.05, 4.69) is 23.8 Å². The van der Waals surface area contributed by atoms with Crippen LogP contribution in [0.2, 0.25) is 0 Å². The normalized spacial score (nSPS) is 22.0. The molecule has 1 aliphatic heterocycles. The molecule has 0 aromatic carbocycles. The maximum atomic E-state index is 3.68. The van der Waals surface area contributed by atoms with Crippen molar-refractivity contribution in [3.8, 4) is 0 Å². The first kappa shape index (κ1) is 16.3. The highest BCUT2D eigenvalue weighted by molar-refractivity contribution is 7.98. The van der Waals surface area contributed by atoms with Crippen molar-refractivity contribution >= 4 is 11.8 Å². The summed E-state index contributed by atoms with van der Waals surface area (Å²) in [5.41, 5.74) is 0. The van der Waals surface area contributed by atoms with Crippen molar-refractivity contribution < 1.29 is 0 Å². The Morgan fingerprint density at radius 1 is 1.22 bits per heavy atom. The van der Waals surface area contributed by atoms with Crippen LogP contribution >= 0.6 is 11.8 Å². The smallest absolute Gasteiger partial charge is 0.00817 e. The minimum Gasteiger partial charge on any atom is -0.314 e. The van der Waals surface area contributed by atoms with Crippen molar-refractivity contribution in [1.29, 1.82) is 0 Å². The Bertz CT molecular complexity index is 181. The summed E-state index contributed by atoms with van der Waals surface area (Å²) in [7, 11) is 0. The van der Waals surface area contributed by atoms with E-state index < -0.39 is 0 Å². The summed E-state index contributed by atoms with van der Waals surface area (Å²) in [6.45, 7) is 4.77.